The predicted octanol–water partition coefficient (Wildman–Crippen LogP) is 9.04. The number of ether oxygens (including phenoxy) is 1. The maximum atomic E-state index is 12.4. The van der Waals surface area contributed by atoms with E-state index in [4.69, 9.17) is 4.74 Å². The number of benzene rings is 1. The van der Waals surface area contributed by atoms with Crippen molar-refractivity contribution >= 4 is 6.20 Å². The Labute approximate surface area is 219 Å². The first-order valence-electron chi connectivity index (χ1n) is 14.5. The molecule has 36 heavy (non-hydrogen) atoms. The van der Waals surface area contributed by atoms with Crippen molar-refractivity contribution in [1.29, 1.82) is 0 Å². The van der Waals surface area contributed by atoms with Crippen LogP contribution in [0.4, 0.5) is 0 Å². The van der Waals surface area contributed by atoms with E-state index in [-0.39, 0.29) is 11.2 Å². The summed E-state index contributed by atoms with van der Waals surface area (Å²) in [4.78, 5) is 12.4. The van der Waals surface area contributed by atoms with Crippen LogP contribution in [0.3, 0.4) is 0 Å². The van der Waals surface area contributed by atoms with E-state index in [0.29, 0.717) is 18.8 Å². The second-order valence-corrected chi connectivity index (χ2v) is 9.94. The minimum absolute atomic E-state index is 0.0951. The lowest BCUT2D eigenvalue weighted by molar-refractivity contribution is 0.297. The van der Waals surface area contributed by atoms with Gasteiger partial charge < -0.3 is 14.4 Å². The summed E-state index contributed by atoms with van der Waals surface area (Å²) in [5.41, 5.74) is 1.71. The lowest BCUT2D eigenvalue weighted by atomic mass is 10.0. The van der Waals surface area contributed by atoms with E-state index < -0.39 is 0 Å². The van der Waals surface area contributed by atoms with Gasteiger partial charge in [0, 0.05) is 18.5 Å². The van der Waals surface area contributed by atoms with Gasteiger partial charge in [0.1, 0.15) is 12.4 Å². The zero-order valence-corrected chi connectivity index (χ0v) is 22.9. The van der Waals surface area contributed by atoms with E-state index in [1.165, 1.54) is 89.9 Å². The number of rotatable bonds is 20. The number of pyridine rings is 1. The molecule has 0 saturated heterocycles. The summed E-state index contributed by atoms with van der Waals surface area (Å²) in [7, 11) is 0. The zero-order valence-electron chi connectivity index (χ0n) is 22.9. The molecule has 1 N–H and O–H groups in total. The molecule has 2 aromatic rings. The van der Waals surface area contributed by atoms with Crippen LogP contribution in [0.1, 0.15) is 121 Å². The van der Waals surface area contributed by atoms with Gasteiger partial charge in [0.15, 0.2) is 5.75 Å². The number of allylic oxidation sites excluding steroid dienone is 1. The highest BCUT2D eigenvalue weighted by Crippen LogP contribution is 2.18. The van der Waals surface area contributed by atoms with Crippen molar-refractivity contribution in [2.24, 2.45) is 0 Å². The smallest absolute Gasteiger partial charge is 0.223 e. The van der Waals surface area contributed by atoms with Crippen LogP contribution in [0.5, 0.6) is 11.5 Å². The third-order valence-corrected chi connectivity index (χ3v) is 6.83. The van der Waals surface area contributed by atoms with Gasteiger partial charge in [-0.2, -0.15) is 0 Å². The van der Waals surface area contributed by atoms with Crippen molar-refractivity contribution in [3.8, 4) is 11.5 Å². The van der Waals surface area contributed by atoms with Gasteiger partial charge in [0.05, 0.1) is 5.69 Å². The van der Waals surface area contributed by atoms with Crippen molar-refractivity contribution in [3.05, 3.63) is 64.1 Å². The number of nitrogens with zero attached hydrogens (tertiary/aromatic N) is 1. The van der Waals surface area contributed by atoms with Crippen molar-refractivity contribution in [1.82, 2.24) is 4.57 Å². The molecule has 0 saturated carbocycles. The number of hydrogen-bond donors (Lipinski definition) is 1. The molecule has 2 rings (SSSR count). The summed E-state index contributed by atoms with van der Waals surface area (Å²) in [5, 5.41) is 9.44. The van der Waals surface area contributed by atoms with Crippen LogP contribution in [0.2, 0.25) is 0 Å². The number of unbranched alkanes of at least 4 members (excludes halogenated alkanes) is 14. The molecule has 4 heteroatoms. The third-order valence-electron chi connectivity index (χ3n) is 6.83. The fourth-order valence-corrected chi connectivity index (χ4v) is 4.60. The molecule has 0 aliphatic carbocycles. The van der Waals surface area contributed by atoms with E-state index in [1.54, 1.807) is 30.3 Å². The van der Waals surface area contributed by atoms with E-state index in [1.807, 2.05) is 17.7 Å². The van der Waals surface area contributed by atoms with Crippen molar-refractivity contribution in [2.75, 3.05) is 0 Å². The normalized spacial score (nSPS) is 11.4. The highest BCUT2D eigenvalue weighted by molar-refractivity contribution is 5.37. The molecular weight excluding hydrogens is 446 g/mol. The SMILES string of the molecule is CCCCCCCCCCCCCCCCC=Cn1ccc(=O)c(OCc2ccc(O)cc2)c1CC. The van der Waals surface area contributed by atoms with Crippen molar-refractivity contribution in [2.45, 2.75) is 123 Å². The van der Waals surface area contributed by atoms with E-state index in [2.05, 4.69) is 19.2 Å². The van der Waals surface area contributed by atoms with Gasteiger partial charge in [-0.3, -0.25) is 4.79 Å². The molecule has 1 aromatic carbocycles. The molecule has 1 heterocycles. The molecule has 0 aliphatic rings. The Balaban J connectivity index is 1.62. The number of aromatic nitrogens is 1. The van der Waals surface area contributed by atoms with Crippen LogP contribution in [-0.4, -0.2) is 9.67 Å². The summed E-state index contributed by atoms with van der Waals surface area (Å²) < 4.78 is 7.92. The Morgan fingerprint density at radius 2 is 1.33 bits per heavy atom. The summed E-state index contributed by atoms with van der Waals surface area (Å²) in [6.45, 7) is 4.62. The molecular formula is C32H49NO3. The molecule has 0 atom stereocenters. The van der Waals surface area contributed by atoms with E-state index >= 15 is 0 Å². The molecule has 0 aliphatic heterocycles. The first-order chi connectivity index (χ1) is 17.7. The first kappa shape index (κ1) is 29.7. The number of phenols is 1. The van der Waals surface area contributed by atoms with Gasteiger partial charge in [-0.25, -0.2) is 0 Å². The molecule has 0 spiro atoms. The molecule has 200 valence electrons. The standard InChI is InChI=1S/C32H49NO3/c1-3-5-6-7-8-9-10-11-12-13-14-15-16-17-18-19-25-33-26-24-31(35)32(30(33)4-2)36-27-28-20-22-29(34)23-21-28/h19-26,34H,3-18,27H2,1-2H3. The third kappa shape index (κ3) is 12.0. The highest BCUT2D eigenvalue weighted by atomic mass is 16.5. The van der Waals surface area contributed by atoms with Crippen LogP contribution in [0, 0.1) is 0 Å². The lowest BCUT2D eigenvalue weighted by Crippen LogP contribution is -2.14. The van der Waals surface area contributed by atoms with Gasteiger partial charge >= 0.3 is 0 Å². The Bertz CT molecular complexity index is 914. The maximum absolute atomic E-state index is 12.4. The second kappa shape index (κ2) is 18.7. The molecule has 0 amide bonds. The lowest BCUT2D eigenvalue weighted by Gasteiger charge is -2.14. The first-order valence-corrected chi connectivity index (χ1v) is 14.5. The molecule has 0 radical (unpaired) electrons. The van der Waals surface area contributed by atoms with Crippen LogP contribution in [-0.2, 0) is 13.0 Å². The molecule has 4 nitrogen and oxygen atoms in total. The fraction of sp³-hybridized carbons (Fsp3) is 0.594. The quantitative estimate of drug-likeness (QED) is 0.186. The van der Waals surface area contributed by atoms with Gasteiger partial charge in [-0.15, -0.1) is 0 Å². The van der Waals surface area contributed by atoms with Crippen LogP contribution >= 0.6 is 0 Å². The Morgan fingerprint density at radius 3 is 1.89 bits per heavy atom. The molecule has 1 aromatic heterocycles. The summed E-state index contributed by atoms with van der Waals surface area (Å²) in [5.74, 6) is 0.633. The monoisotopic (exact) mass is 495 g/mol. The van der Waals surface area contributed by atoms with Gasteiger partial charge in [-0.05, 0) is 37.0 Å². The minimum atomic E-state index is -0.0951. The van der Waals surface area contributed by atoms with Crippen molar-refractivity contribution < 1.29 is 9.84 Å². The fourth-order valence-electron chi connectivity index (χ4n) is 4.60. The van der Waals surface area contributed by atoms with Crippen LogP contribution in [0.15, 0.2) is 47.4 Å². The van der Waals surface area contributed by atoms with Crippen molar-refractivity contribution in [3.63, 3.8) is 0 Å². The Kier molecular flexibility index (Phi) is 15.5. The summed E-state index contributed by atoms with van der Waals surface area (Å²) in [6, 6.07) is 8.44. The summed E-state index contributed by atoms with van der Waals surface area (Å²) >= 11 is 0. The average molecular weight is 496 g/mol. The number of hydrogen-bond acceptors (Lipinski definition) is 3. The number of aromatic hydroxyl groups is 1. The van der Waals surface area contributed by atoms with Crippen LogP contribution in [0.25, 0.3) is 6.20 Å². The molecule has 0 bridgehead atoms. The van der Waals surface area contributed by atoms with Gasteiger partial charge in [0.2, 0.25) is 5.43 Å². The number of phenolic OH excluding ortho intramolecular Hbond substituents is 1. The van der Waals surface area contributed by atoms with Crippen LogP contribution < -0.4 is 10.2 Å². The van der Waals surface area contributed by atoms with Gasteiger partial charge in [0.25, 0.3) is 0 Å². The topological polar surface area (TPSA) is 51.5 Å². The average Bonchev–Trinajstić information content (AvgIpc) is 2.89. The predicted molar refractivity (Wildman–Crippen MR) is 153 cm³/mol. The second-order valence-electron chi connectivity index (χ2n) is 9.94. The minimum Gasteiger partial charge on any atom is -0.508 e. The van der Waals surface area contributed by atoms with Gasteiger partial charge in [-0.1, -0.05) is 116 Å². The van der Waals surface area contributed by atoms with E-state index in [9.17, 15) is 9.90 Å². The molecule has 0 fully saturated rings. The molecule has 0 unspecified atom stereocenters. The Morgan fingerprint density at radius 1 is 0.778 bits per heavy atom. The highest BCUT2D eigenvalue weighted by Gasteiger charge is 2.10. The maximum Gasteiger partial charge on any atom is 0.223 e. The summed E-state index contributed by atoms with van der Waals surface area (Å²) in [6.07, 6.45) is 27.1. The zero-order chi connectivity index (χ0) is 25.8. The largest absolute Gasteiger partial charge is 0.508 e. The Hall–Kier alpha value is -2.49. The van der Waals surface area contributed by atoms with E-state index in [0.717, 1.165) is 17.7 Å².